The number of aliphatic hydroxyl groups is 1. The lowest BCUT2D eigenvalue weighted by atomic mass is 9.86. The van der Waals surface area contributed by atoms with Gasteiger partial charge in [-0.1, -0.05) is 72.8 Å². The van der Waals surface area contributed by atoms with Crippen LogP contribution >= 0.6 is 0 Å². The Bertz CT molecular complexity index is 2560. The molecule has 5 aromatic carbocycles. The fraction of sp³-hybridized carbons (Fsp3) is 0.314. The third kappa shape index (κ3) is 10.9. The number of benzene rings is 5. The molecule has 3 fully saturated rings. The van der Waals surface area contributed by atoms with Crippen LogP contribution in [-0.4, -0.2) is 89.5 Å². The molecule has 0 spiro atoms. The molecule has 4 heterocycles. The highest BCUT2D eigenvalue weighted by atomic mass is 16.6. The van der Waals surface area contributed by atoms with Crippen LogP contribution in [0.25, 0.3) is 10.9 Å². The van der Waals surface area contributed by atoms with Crippen molar-refractivity contribution < 1.29 is 34.0 Å². The molecule has 1 unspecified atom stereocenters. The van der Waals surface area contributed by atoms with Gasteiger partial charge in [0.1, 0.15) is 30.0 Å². The van der Waals surface area contributed by atoms with E-state index in [0.717, 1.165) is 60.5 Å². The second-order valence-corrected chi connectivity index (χ2v) is 16.6. The summed E-state index contributed by atoms with van der Waals surface area (Å²) in [7, 11) is 1.62. The maximum absolute atomic E-state index is 14.1. The second kappa shape index (κ2) is 20.7. The van der Waals surface area contributed by atoms with Gasteiger partial charge in [0.05, 0.1) is 24.8 Å². The number of aromatic nitrogens is 1. The number of hydrogen-bond donors (Lipinski definition) is 5. The first kappa shape index (κ1) is 44.0. The zero-order chi connectivity index (χ0) is 44.4. The van der Waals surface area contributed by atoms with Gasteiger partial charge in [0.2, 0.25) is 5.56 Å². The lowest BCUT2D eigenvalue weighted by Crippen LogP contribution is -2.52. The summed E-state index contributed by atoms with van der Waals surface area (Å²) in [4.78, 5) is 46.0. The number of phenolic OH excluding ortho intramolecular Hbond substituents is 1. The number of carbonyl (C=O) groups is 2. The van der Waals surface area contributed by atoms with Crippen LogP contribution in [0.15, 0.2) is 132 Å². The van der Waals surface area contributed by atoms with Gasteiger partial charge < -0.3 is 44.9 Å². The van der Waals surface area contributed by atoms with Crippen LogP contribution in [0, 0.1) is 5.92 Å². The van der Waals surface area contributed by atoms with Crippen molar-refractivity contribution in [2.45, 2.75) is 50.7 Å². The van der Waals surface area contributed by atoms with Gasteiger partial charge in [0, 0.05) is 43.2 Å². The summed E-state index contributed by atoms with van der Waals surface area (Å²) in [6.07, 6.45) is 1.32. The number of pyridine rings is 1. The maximum Gasteiger partial charge on any atom is 0.408 e. The van der Waals surface area contributed by atoms with E-state index >= 15 is 0 Å². The summed E-state index contributed by atoms with van der Waals surface area (Å²) in [5.41, 5.74) is 4.70. The largest absolute Gasteiger partial charge is 0.506 e. The summed E-state index contributed by atoms with van der Waals surface area (Å²) < 4.78 is 17.6. The normalized spacial score (nSPS) is 17.6. The van der Waals surface area contributed by atoms with Gasteiger partial charge in [0.25, 0.3) is 5.91 Å². The Morgan fingerprint density at radius 2 is 1.61 bits per heavy atom. The van der Waals surface area contributed by atoms with Gasteiger partial charge in [-0.2, -0.15) is 0 Å². The van der Waals surface area contributed by atoms with E-state index in [1.807, 2.05) is 108 Å². The Hall–Kier alpha value is -6.67. The van der Waals surface area contributed by atoms with Crippen molar-refractivity contribution in [2.75, 3.05) is 46.4 Å². The number of carbonyl (C=O) groups excluding carboxylic acids is 2. The molecule has 64 heavy (non-hydrogen) atoms. The second-order valence-electron chi connectivity index (χ2n) is 16.6. The Morgan fingerprint density at radius 1 is 0.859 bits per heavy atom. The van der Waals surface area contributed by atoms with Crippen molar-refractivity contribution in [3.8, 4) is 17.2 Å². The minimum atomic E-state index is -0.893. The van der Waals surface area contributed by atoms with Crippen LogP contribution in [0.3, 0.4) is 0 Å². The number of piperidine rings is 3. The fourth-order valence-electron chi connectivity index (χ4n) is 8.71. The molecule has 0 saturated carbocycles. The highest BCUT2D eigenvalue weighted by Crippen LogP contribution is 2.32. The number of phenols is 1. The van der Waals surface area contributed by atoms with E-state index in [2.05, 4.69) is 20.5 Å². The highest BCUT2D eigenvalue weighted by Gasteiger charge is 2.37. The fourth-order valence-corrected chi connectivity index (χ4v) is 8.71. The first-order chi connectivity index (χ1) is 31.2. The molecule has 13 nitrogen and oxygen atoms in total. The average molecular weight is 866 g/mol. The van der Waals surface area contributed by atoms with Gasteiger partial charge in [-0.05, 0) is 121 Å². The van der Waals surface area contributed by atoms with Gasteiger partial charge in [-0.15, -0.1) is 0 Å². The number of aromatic hydroxyl groups is 1. The average Bonchev–Trinajstić information content (AvgIpc) is 3.33. The third-order valence-corrected chi connectivity index (χ3v) is 12.3. The predicted molar refractivity (Wildman–Crippen MR) is 244 cm³/mol. The van der Waals surface area contributed by atoms with Gasteiger partial charge in [-0.25, -0.2) is 4.79 Å². The molecule has 3 aliphatic rings. The first-order valence-corrected chi connectivity index (χ1v) is 21.9. The molecule has 1 aromatic heterocycles. The molecule has 9 rings (SSSR count). The van der Waals surface area contributed by atoms with Gasteiger partial charge >= 0.3 is 6.09 Å². The van der Waals surface area contributed by atoms with E-state index in [-0.39, 0.29) is 42.0 Å². The lowest BCUT2D eigenvalue weighted by molar-refractivity contribution is -0.0336. The van der Waals surface area contributed by atoms with E-state index in [4.69, 9.17) is 14.2 Å². The molecule has 13 heteroatoms. The third-order valence-electron chi connectivity index (χ3n) is 12.3. The predicted octanol–water partition coefficient (Wildman–Crippen LogP) is 7.09. The zero-order valence-electron chi connectivity index (χ0n) is 36.0. The monoisotopic (exact) mass is 865 g/mol. The smallest absolute Gasteiger partial charge is 0.408 e. The molecule has 2 bridgehead atoms. The minimum absolute atomic E-state index is 0.0652. The van der Waals surface area contributed by atoms with Crippen molar-refractivity contribution in [3.05, 3.63) is 171 Å². The van der Waals surface area contributed by atoms with Crippen LogP contribution in [0.5, 0.6) is 17.2 Å². The number of fused-ring (bicyclic) bond motifs is 4. The van der Waals surface area contributed by atoms with Gasteiger partial charge in [0.15, 0.2) is 0 Å². The molecular formula is C51H55N5O8. The number of ether oxygens (including phenoxy) is 3. The topological polar surface area (TPSA) is 166 Å². The molecule has 332 valence electrons. The first-order valence-electron chi connectivity index (χ1n) is 21.9. The van der Waals surface area contributed by atoms with E-state index in [0.29, 0.717) is 54.2 Å². The number of aromatic amines is 1. The summed E-state index contributed by atoms with van der Waals surface area (Å²) in [5.74, 6) is 1.60. The van der Waals surface area contributed by atoms with Crippen molar-refractivity contribution in [3.63, 3.8) is 0 Å². The standard InChI is InChI=1S/C51H55N5O8/c1-62-40-17-13-34(14-18-40)31-56(26-6-25-52-30-45(58)42-19-21-44(57)49-43(42)20-22-47(59)53-49)50(60)38-15-11-35(12-16-38)33-63-41-10-5-9-39(29-41)48(37-7-3-2-4-8-37)54-51(61)64-46-32-55-27-23-36(46)24-28-55/h2-5,7-22,29,36,45-46,48,52,57-58H,6,23-28,30-33H2,1H3,(H,53,59)(H,54,61)/t45-,46+,48?/m1/s1. The number of alkyl carbamates (subject to hydrolysis) is 1. The number of H-pyrrole nitrogens is 1. The molecule has 0 radical (unpaired) electrons. The number of aliphatic hydroxyl groups excluding tert-OH is 1. The molecule has 2 amide bonds. The Kier molecular flexibility index (Phi) is 14.2. The van der Waals surface area contributed by atoms with Gasteiger partial charge in [-0.3, -0.25) is 14.5 Å². The number of amides is 2. The quantitative estimate of drug-likeness (QED) is 0.0564. The Balaban J connectivity index is 0.882. The van der Waals surface area contributed by atoms with Crippen LogP contribution in [0.1, 0.15) is 69.6 Å². The molecule has 6 aromatic rings. The SMILES string of the molecule is COc1ccc(CN(CCCNC[C@@H](O)c2ccc(O)c3[nH]c(=O)ccc23)C(=O)c2ccc(COc3cccc(C(NC(=O)O[C@H]4CN5CCC4CC5)c4ccccc4)c3)cc2)cc1. The summed E-state index contributed by atoms with van der Waals surface area (Å²) in [5, 5.41) is 28.2. The number of nitrogens with zero attached hydrogens (tertiary/aromatic N) is 2. The maximum atomic E-state index is 14.1. The highest BCUT2D eigenvalue weighted by molar-refractivity contribution is 5.94. The summed E-state index contributed by atoms with van der Waals surface area (Å²) in [6, 6.07) is 38.2. The van der Waals surface area contributed by atoms with Crippen LogP contribution in [0.2, 0.25) is 0 Å². The molecule has 5 N–H and O–H groups in total. The van der Waals surface area contributed by atoms with Crippen LogP contribution in [-0.2, 0) is 17.9 Å². The molecule has 3 atom stereocenters. The number of hydrogen-bond acceptors (Lipinski definition) is 10. The number of rotatable bonds is 18. The van der Waals surface area contributed by atoms with Crippen molar-refractivity contribution in [1.82, 2.24) is 25.4 Å². The summed E-state index contributed by atoms with van der Waals surface area (Å²) in [6.45, 7) is 4.81. The van der Waals surface area contributed by atoms with E-state index in [1.165, 1.54) is 12.1 Å². The molecule has 0 aliphatic carbocycles. The zero-order valence-corrected chi connectivity index (χ0v) is 36.0. The Labute approximate surface area is 372 Å². The molecular weight excluding hydrogens is 811 g/mol. The van der Waals surface area contributed by atoms with Crippen molar-refractivity contribution >= 4 is 22.9 Å². The van der Waals surface area contributed by atoms with E-state index in [1.54, 1.807) is 19.2 Å². The lowest BCUT2D eigenvalue weighted by Gasteiger charge is -2.43. The number of nitrogens with one attached hydrogen (secondary N) is 3. The van der Waals surface area contributed by atoms with E-state index in [9.17, 15) is 24.6 Å². The molecule has 3 saturated heterocycles. The molecule has 3 aliphatic heterocycles. The van der Waals surface area contributed by atoms with Crippen molar-refractivity contribution in [2.24, 2.45) is 5.92 Å². The summed E-state index contributed by atoms with van der Waals surface area (Å²) >= 11 is 0. The van der Waals surface area contributed by atoms with Crippen LogP contribution in [0.4, 0.5) is 4.79 Å². The van der Waals surface area contributed by atoms with Crippen LogP contribution < -0.4 is 25.7 Å². The number of methoxy groups -OCH3 is 1. The minimum Gasteiger partial charge on any atom is -0.506 e. The van der Waals surface area contributed by atoms with E-state index < -0.39 is 18.2 Å². The Morgan fingerprint density at radius 3 is 2.34 bits per heavy atom. The van der Waals surface area contributed by atoms with Crippen molar-refractivity contribution in [1.29, 1.82) is 0 Å².